The van der Waals surface area contributed by atoms with Gasteiger partial charge < -0.3 is 16.0 Å². The molecule has 2 atom stereocenters. The lowest BCUT2D eigenvalue weighted by Crippen LogP contribution is -2.34. The molecule has 1 saturated heterocycles. The number of nitrogens with two attached hydrogens (primary N) is 1. The van der Waals surface area contributed by atoms with Crippen molar-refractivity contribution >= 4 is 40.6 Å². The lowest BCUT2D eigenvalue weighted by atomic mass is 9.95. The van der Waals surface area contributed by atoms with E-state index in [4.69, 9.17) is 17.3 Å². The van der Waals surface area contributed by atoms with Gasteiger partial charge in [0.25, 0.3) is 0 Å². The topological polar surface area (TPSA) is 58.4 Å². The van der Waals surface area contributed by atoms with Crippen molar-refractivity contribution in [3.05, 3.63) is 23.2 Å². The first-order chi connectivity index (χ1) is 11.2. The molecule has 0 aromatic heterocycles. The number of thioether (sulfide) groups is 1. The Balaban J connectivity index is 1.78. The van der Waals surface area contributed by atoms with Crippen LogP contribution in [0.1, 0.15) is 19.3 Å². The van der Waals surface area contributed by atoms with Crippen molar-refractivity contribution in [3.63, 3.8) is 0 Å². The van der Waals surface area contributed by atoms with E-state index < -0.39 is 0 Å². The molecule has 6 heteroatoms. The summed E-state index contributed by atoms with van der Waals surface area (Å²) in [5.74, 6) is 2.67. The fourth-order valence-corrected chi connectivity index (χ4v) is 4.65. The van der Waals surface area contributed by atoms with Gasteiger partial charge in [-0.3, -0.25) is 4.79 Å². The van der Waals surface area contributed by atoms with Gasteiger partial charge >= 0.3 is 0 Å². The van der Waals surface area contributed by atoms with E-state index in [1.54, 1.807) is 0 Å². The molecule has 0 bridgehead atoms. The minimum absolute atomic E-state index is 0.0312. The van der Waals surface area contributed by atoms with Gasteiger partial charge in [-0.1, -0.05) is 18.0 Å². The minimum atomic E-state index is 0.0312. The molecule has 2 fully saturated rings. The molecule has 3 N–H and O–H groups in total. The normalized spacial score (nSPS) is 24.7. The van der Waals surface area contributed by atoms with Crippen molar-refractivity contribution in [3.8, 4) is 0 Å². The van der Waals surface area contributed by atoms with Crippen LogP contribution in [0, 0.1) is 11.8 Å². The van der Waals surface area contributed by atoms with Crippen LogP contribution in [-0.2, 0) is 4.79 Å². The number of rotatable bonds is 4. The monoisotopic (exact) mass is 353 g/mol. The number of hydrogen-bond acceptors (Lipinski definition) is 4. The number of nitrogens with zero attached hydrogens (tertiary/aromatic N) is 1. The molecule has 1 aromatic carbocycles. The minimum Gasteiger partial charge on any atom is -0.368 e. The first kappa shape index (κ1) is 16.9. The molecule has 1 heterocycles. The van der Waals surface area contributed by atoms with Crippen molar-refractivity contribution in [1.29, 1.82) is 0 Å². The van der Waals surface area contributed by atoms with Crippen LogP contribution < -0.4 is 16.0 Å². The summed E-state index contributed by atoms with van der Waals surface area (Å²) in [5, 5.41) is 3.78. The average molecular weight is 354 g/mol. The SMILES string of the molecule is NC[C@H]1CCC[C@H]1C(=O)Nc1cc(Cl)ccc1N1CCSCC1. The number of halogens is 1. The van der Waals surface area contributed by atoms with Gasteiger partial charge in [0.05, 0.1) is 11.4 Å². The third-order valence-electron chi connectivity index (χ3n) is 4.87. The number of anilines is 2. The van der Waals surface area contributed by atoms with Crippen LogP contribution in [0.3, 0.4) is 0 Å². The van der Waals surface area contributed by atoms with Gasteiger partial charge in [0.2, 0.25) is 5.91 Å². The van der Waals surface area contributed by atoms with Gasteiger partial charge in [0, 0.05) is 35.5 Å². The fourth-order valence-electron chi connectivity index (χ4n) is 3.58. The van der Waals surface area contributed by atoms with Crippen molar-refractivity contribution in [1.82, 2.24) is 0 Å². The van der Waals surface area contributed by atoms with E-state index in [0.717, 1.165) is 55.2 Å². The number of hydrogen-bond donors (Lipinski definition) is 2. The van der Waals surface area contributed by atoms with E-state index in [-0.39, 0.29) is 11.8 Å². The molecule has 1 saturated carbocycles. The second-order valence-corrected chi connectivity index (χ2v) is 7.94. The summed E-state index contributed by atoms with van der Waals surface area (Å²) in [6.45, 7) is 2.60. The molecule has 1 aliphatic heterocycles. The molecule has 1 amide bonds. The molecule has 0 unspecified atom stereocenters. The van der Waals surface area contributed by atoms with Gasteiger partial charge in [-0.15, -0.1) is 0 Å². The van der Waals surface area contributed by atoms with Gasteiger partial charge in [-0.25, -0.2) is 0 Å². The maximum absolute atomic E-state index is 12.7. The van der Waals surface area contributed by atoms with E-state index in [1.807, 2.05) is 30.0 Å². The Labute approximate surface area is 147 Å². The molecule has 2 aliphatic rings. The third-order valence-corrected chi connectivity index (χ3v) is 6.04. The smallest absolute Gasteiger partial charge is 0.227 e. The Kier molecular flexibility index (Phi) is 5.72. The average Bonchev–Trinajstić information content (AvgIpc) is 3.04. The maximum Gasteiger partial charge on any atom is 0.227 e. The first-order valence-electron chi connectivity index (χ1n) is 8.32. The Morgan fingerprint density at radius 3 is 2.87 bits per heavy atom. The predicted molar refractivity (Wildman–Crippen MR) is 99.5 cm³/mol. The van der Waals surface area contributed by atoms with Crippen molar-refractivity contribution in [2.45, 2.75) is 19.3 Å². The van der Waals surface area contributed by atoms with Gasteiger partial charge in [0.1, 0.15) is 0 Å². The highest BCUT2D eigenvalue weighted by atomic mass is 35.5. The van der Waals surface area contributed by atoms with E-state index in [2.05, 4.69) is 10.2 Å². The Morgan fingerprint density at radius 1 is 1.35 bits per heavy atom. The largest absolute Gasteiger partial charge is 0.368 e. The number of carbonyl (C=O) groups is 1. The number of benzene rings is 1. The lowest BCUT2D eigenvalue weighted by molar-refractivity contribution is -0.120. The highest BCUT2D eigenvalue weighted by Gasteiger charge is 2.32. The second-order valence-electron chi connectivity index (χ2n) is 6.28. The Hall–Kier alpha value is -0.910. The quantitative estimate of drug-likeness (QED) is 0.872. The summed E-state index contributed by atoms with van der Waals surface area (Å²) in [7, 11) is 0. The van der Waals surface area contributed by atoms with Crippen LogP contribution >= 0.6 is 23.4 Å². The zero-order valence-electron chi connectivity index (χ0n) is 13.3. The van der Waals surface area contributed by atoms with Crippen molar-refractivity contribution in [2.75, 3.05) is 41.4 Å². The third kappa shape index (κ3) is 3.95. The Bertz CT molecular complexity index is 563. The summed E-state index contributed by atoms with van der Waals surface area (Å²) in [4.78, 5) is 15.0. The Morgan fingerprint density at radius 2 is 2.13 bits per heavy atom. The highest BCUT2D eigenvalue weighted by Crippen LogP contribution is 2.35. The molecule has 1 aromatic rings. The molecular formula is C17H24ClN3OS. The molecular weight excluding hydrogens is 330 g/mol. The molecule has 126 valence electrons. The van der Waals surface area contributed by atoms with Crippen LogP contribution in [0.4, 0.5) is 11.4 Å². The first-order valence-corrected chi connectivity index (χ1v) is 9.85. The highest BCUT2D eigenvalue weighted by molar-refractivity contribution is 7.99. The molecule has 1 aliphatic carbocycles. The standard InChI is InChI=1S/C17H24ClN3OS/c18-13-4-5-16(21-6-8-23-9-7-21)15(10-13)20-17(22)14-3-1-2-12(14)11-19/h4-5,10,12,14H,1-3,6-9,11,19H2,(H,20,22)/t12-,14-/m1/s1. The van der Waals surface area contributed by atoms with Crippen LogP contribution in [0.2, 0.25) is 5.02 Å². The van der Waals surface area contributed by atoms with Crippen LogP contribution in [0.25, 0.3) is 0 Å². The summed E-state index contributed by atoms with van der Waals surface area (Å²) < 4.78 is 0. The number of nitrogens with one attached hydrogen (secondary N) is 1. The molecule has 23 heavy (non-hydrogen) atoms. The maximum atomic E-state index is 12.7. The molecule has 0 radical (unpaired) electrons. The van der Waals surface area contributed by atoms with Gasteiger partial charge in [-0.2, -0.15) is 11.8 Å². The zero-order valence-corrected chi connectivity index (χ0v) is 14.8. The molecule has 3 rings (SSSR count). The number of carbonyl (C=O) groups excluding carboxylic acids is 1. The van der Waals surface area contributed by atoms with Gasteiger partial charge in [0.15, 0.2) is 0 Å². The van der Waals surface area contributed by atoms with E-state index in [1.165, 1.54) is 0 Å². The zero-order chi connectivity index (χ0) is 16.2. The second kappa shape index (κ2) is 7.77. The summed E-state index contributed by atoms with van der Waals surface area (Å²) >= 11 is 8.13. The van der Waals surface area contributed by atoms with E-state index >= 15 is 0 Å². The number of amides is 1. The van der Waals surface area contributed by atoms with E-state index in [9.17, 15) is 4.79 Å². The lowest BCUT2D eigenvalue weighted by Gasteiger charge is -2.30. The fraction of sp³-hybridized carbons (Fsp3) is 0.588. The van der Waals surface area contributed by atoms with Crippen molar-refractivity contribution in [2.24, 2.45) is 17.6 Å². The van der Waals surface area contributed by atoms with Gasteiger partial charge in [-0.05, 0) is 43.5 Å². The van der Waals surface area contributed by atoms with E-state index in [0.29, 0.717) is 17.5 Å². The molecule has 4 nitrogen and oxygen atoms in total. The molecule has 0 spiro atoms. The van der Waals surface area contributed by atoms with Crippen molar-refractivity contribution < 1.29 is 4.79 Å². The summed E-state index contributed by atoms with van der Waals surface area (Å²) in [5.41, 5.74) is 7.72. The summed E-state index contributed by atoms with van der Waals surface area (Å²) in [6, 6.07) is 5.78. The summed E-state index contributed by atoms with van der Waals surface area (Å²) in [6.07, 6.45) is 3.08. The van der Waals surface area contributed by atoms with Crippen LogP contribution in [0.5, 0.6) is 0 Å². The predicted octanol–water partition coefficient (Wildman–Crippen LogP) is 3.21. The van der Waals surface area contributed by atoms with Crippen LogP contribution in [0.15, 0.2) is 18.2 Å². The van der Waals surface area contributed by atoms with Crippen LogP contribution in [-0.4, -0.2) is 37.0 Å².